The number of nitrogens with one attached hydrogen (secondary N) is 1. The number of carboxylic acids is 1. The van der Waals surface area contributed by atoms with E-state index in [1.165, 1.54) is 11.9 Å². The Labute approximate surface area is 133 Å². The molecule has 0 unspecified atom stereocenters. The van der Waals surface area contributed by atoms with E-state index in [4.69, 9.17) is 9.84 Å². The van der Waals surface area contributed by atoms with Gasteiger partial charge in [0.2, 0.25) is 5.88 Å². The van der Waals surface area contributed by atoms with E-state index >= 15 is 0 Å². The minimum atomic E-state index is -0.941. The number of pyridine rings is 1. The standard InChI is InChI=1S/C16H18N2O3S/c1-10(2)12-8-14(15(21-3)17-9-12)18-22-13-6-4-5-11(7-13)16(19)20/h4-10,18H,1-3H3,(H,19,20). The maximum atomic E-state index is 11.0. The SMILES string of the molecule is COc1ncc(C(C)C)cc1NSc1cccc(C(=O)O)c1. The van der Waals surface area contributed by atoms with Gasteiger partial charge < -0.3 is 14.6 Å². The first-order valence-corrected chi connectivity index (χ1v) is 7.63. The van der Waals surface area contributed by atoms with Crippen molar-refractivity contribution >= 4 is 23.6 Å². The van der Waals surface area contributed by atoms with E-state index in [1.807, 2.05) is 12.1 Å². The number of methoxy groups -OCH3 is 1. The van der Waals surface area contributed by atoms with Gasteiger partial charge in [0.1, 0.15) is 5.69 Å². The van der Waals surface area contributed by atoms with Gasteiger partial charge in [-0.25, -0.2) is 9.78 Å². The second-order valence-corrected chi connectivity index (χ2v) is 5.90. The molecule has 0 bridgehead atoms. The largest absolute Gasteiger partial charge is 0.480 e. The van der Waals surface area contributed by atoms with Gasteiger partial charge in [-0.05, 0) is 47.7 Å². The highest BCUT2D eigenvalue weighted by Gasteiger charge is 2.09. The summed E-state index contributed by atoms with van der Waals surface area (Å²) in [5, 5.41) is 9.01. The molecule has 116 valence electrons. The first-order valence-electron chi connectivity index (χ1n) is 6.81. The van der Waals surface area contributed by atoms with E-state index in [0.717, 1.165) is 16.1 Å². The number of rotatable bonds is 6. The Balaban J connectivity index is 2.18. The molecule has 6 heteroatoms. The molecule has 0 aliphatic heterocycles. The Morgan fingerprint density at radius 2 is 2.14 bits per heavy atom. The van der Waals surface area contributed by atoms with Crippen molar-refractivity contribution in [3.8, 4) is 5.88 Å². The molecule has 0 aliphatic rings. The van der Waals surface area contributed by atoms with Crippen LogP contribution in [0.4, 0.5) is 5.69 Å². The van der Waals surface area contributed by atoms with Crippen LogP contribution in [-0.4, -0.2) is 23.2 Å². The monoisotopic (exact) mass is 318 g/mol. The van der Waals surface area contributed by atoms with Crippen molar-refractivity contribution in [2.75, 3.05) is 11.8 Å². The summed E-state index contributed by atoms with van der Waals surface area (Å²) in [6, 6.07) is 8.73. The second-order valence-electron chi connectivity index (χ2n) is 5.02. The molecule has 2 rings (SSSR count). The number of hydrogen-bond donors (Lipinski definition) is 2. The van der Waals surface area contributed by atoms with Crippen LogP contribution in [0, 0.1) is 0 Å². The van der Waals surface area contributed by atoms with Gasteiger partial charge in [0.25, 0.3) is 0 Å². The third kappa shape index (κ3) is 3.92. The van der Waals surface area contributed by atoms with Crippen LogP contribution in [-0.2, 0) is 0 Å². The van der Waals surface area contributed by atoms with Gasteiger partial charge in [-0.1, -0.05) is 19.9 Å². The number of aromatic carboxylic acids is 1. The molecule has 0 atom stereocenters. The van der Waals surface area contributed by atoms with Crippen LogP contribution in [0.3, 0.4) is 0 Å². The first-order chi connectivity index (χ1) is 10.5. The van der Waals surface area contributed by atoms with Crippen LogP contribution < -0.4 is 9.46 Å². The Kier molecular flexibility index (Phi) is 5.27. The molecule has 1 aromatic carbocycles. The average molecular weight is 318 g/mol. The molecule has 5 nitrogen and oxygen atoms in total. The third-order valence-corrected chi connectivity index (χ3v) is 3.90. The van der Waals surface area contributed by atoms with E-state index < -0.39 is 5.97 Å². The predicted molar refractivity (Wildman–Crippen MR) is 87.8 cm³/mol. The summed E-state index contributed by atoms with van der Waals surface area (Å²) < 4.78 is 8.43. The molecule has 0 aliphatic carbocycles. The fraction of sp³-hybridized carbons (Fsp3) is 0.250. The van der Waals surface area contributed by atoms with Crippen molar-refractivity contribution in [3.63, 3.8) is 0 Å². The molecule has 22 heavy (non-hydrogen) atoms. The van der Waals surface area contributed by atoms with Gasteiger partial charge in [0.15, 0.2) is 0 Å². The summed E-state index contributed by atoms with van der Waals surface area (Å²) in [7, 11) is 1.57. The number of anilines is 1. The predicted octanol–water partition coefficient (Wildman–Crippen LogP) is 4.03. The fourth-order valence-electron chi connectivity index (χ4n) is 1.83. The highest BCUT2D eigenvalue weighted by atomic mass is 32.2. The maximum Gasteiger partial charge on any atom is 0.335 e. The van der Waals surface area contributed by atoms with E-state index in [0.29, 0.717) is 11.8 Å². The van der Waals surface area contributed by atoms with Crippen LogP contribution >= 0.6 is 11.9 Å². The highest BCUT2D eigenvalue weighted by Crippen LogP contribution is 2.30. The number of carbonyl (C=O) groups is 1. The van der Waals surface area contributed by atoms with Gasteiger partial charge in [-0.15, -0.1) is 0 Å². The van der Waals surface area contributed by atoms with E-state index in [-0.39, 0.29) is 5.56 Å². The van der Waals surface area contributed by atoms with Crippen LogP contribution in [0.1, 0.15) is 35.7 Å². The number of benzene rings is 1. The normalized spacial score (nSPS) is 10.5. The van der Waals surface area contributed by atoms with Crippen molar-refractivity contribution in [1.29, 1.82) is 0 Å². The summed E-state index contributed by atoms with van der Waals surface area (Å²) in [4.78, 5) is 16.1. The summed E-state index contributed by atoms with van der Waals surface area (Å²) in [5.41, 5.74) is 2.12. The Bertz CT molecular complexity index is 674. The zero-order valence-electron chi connectivity index (χ0n) is 12.7. The van der Waals surface area contributed by atoms with Crippen molar-refractivity contribution in [2.24, 2.45) is 0 Å². The fourth-order valence-corrected chi connectivity index (χ4v) is 2.53. The molecule has 0 saturated carbocycles. The van der Waals surface area contributed by atoms with Crippen LogP contribution in [0.5, 0.6) is 5.88 Å². The van der Waals surface area contributed by atoms with Crippen molar-refractivity contribution in [1.82, 2.24) is 4.98 Å². The summed E-state index contributed by atoms with van der Waals surface area (Å²) in [5.74, 6) is -0.0749. The van der Waals surface area contributed by atoms with Gasteiger partial charge in [-0.3, -0.25) is 0 Å². The Morgan fingerprint density at radius 1 is 1.36 bits per heavy atom. The molecule has 0 amide bonds. The molecule has 2 aromatic rings. The minimum absolute atomic E-state index is 0.257. The molecular weight excluding hydrogens is 300 g/mol. The third-order valence-electron chi connectivity index (χ3n) is 3.09. The van der Waals surface area contributed by atoms with Crippen LogP contribution in [0.25, 0.3) is 0 Å². The maximum absolute atomic E-state index is 11.0. The molecule has 0 spiro atoms. The molecule has 0 saturated heterocycles. The lowest BCUT2D eigenvalue weighted by atomic mass is 10.1. The second kappa shape index (κ2) is 7.17. The van der Waals surface area contributed by atoms with Gasteiger partial charge in [0.05, 0.1) is 12.7 Å². The lowest BCUT2D eigenvalue weighted by Crippen LogP contribution is -1.99. The lowest BCUT2D eigenvalue weighted by Gasteiger charge is -2.13. The number of carboxylic acid groups (broad SMARTS) is 1. The number of nitrogens with zero attached hydrogens (tertiary/aromatic N) is 1. The quantitative estimate of drug-likeness (QED) is 0.784. The summed E-state index contributed by atoms with van der Waals surface area (Å²) in [6.45, 7) is 4.19. The smallest absolute Gasteiger partial charge is 0.335 e. The van der Waals surface area contributed by atoms with Crippen molar-refractivity contribution in [2.45, 2.75) is 24.7 Å². The lowest BCUT2D eigenvalue weighted by molar-refractivity contribution is 0.0696. The van der Waals surface area contributed by atoms with Crippen molar-refractivity contribution in [3.05, 3.63) is 47.7 Å². The molecule has 2 N–H and O–H groups in total. The Morgan fingerprint density at radius 3 is 2.77 bits per heavy atom. The molecule has 1 aromatic heterocycles. The zero-order chi connectivity index (χ0) is 16.1. The summed E-state index contributed by atoms with van der Waals surface area (Å²) >= 11 is 1.32. The average Bonchev–Trinajstić information content (AvgIpc) is 2.52. The van der Waals surface area contributed by atoms with Crippen molar-refractivity contribution < 1.29 is 14.6 Å². The minimum Gasteiger partial charge on any atom is -0.480 e. The topological polar surface area (TPSA) is 71.5 Å². The van der Waals surface area contributed by atoms with Crippen LogP contribution in [0.2, 0.25) is 0 Å². The van der Waals surface area contributed by atoms with E-state index in [2.05, 4.69) is 23.6 Å². The van der Waals surface area contributed by atoms with Gasteiger partial charge in [-0.2, -0.15) is 0 Å². The number of ether oxygens (including phenoxy) is 1. The summed E-state index contributed by atoms with van der Waals surface area (Å²) in [6.07, 6.45) is 1.80. The molecular formula is C16H18N2O3S. The molecule has 1 heterocycles. The van der Waals surface area contributed by atoms with Gasteiger partial charge in [0, 0.05) is 11.1 Å². The first kappa shape index (κ1) is 16.2. The zero-order valence-corrected chi connectivity index (χ0v) is 13.5. The Hall–Kier alpha value is -2.21. The molecule has 0 radical (unpaired) electrons. The number of aromatic nitrogens is 1. The van der Waals surface area contributed by atoms with Gasteiger partial charge >= 0.3 is 5.97 Å². The number of hydrogen-bond acceptors (Lipinski definition) is 5. The van der Waals surface area contributed by atoms with E-state index in [1.54, 1.807) is 31.5 Å². The highest BCUT2D eigenvalue weighted by molar-refractivity contribution is 8.00. The van der Waals surface area contributed by atoms with E-state index in [9.17, 15) is 4.79 Å². The van der Waals surface area contributed by atoms with Crippen LogP contribution in [0.15, 0.2) is 41.4 Å². The molecule has 0 fully saturated rings.